The van der Waals surface area contributed by atoms with E-state index in [1.165, 1.54) is 22.4 Å². The summed E-state index contributed by atoms with van der Waals surface area (Å²) in [7, 11) is 0. The van der Waals surface area contributed by atoms with Crippen LogP contribution in [0.4, 0.5) is 0 Å². The molecule has 0 aliphatic heterocycles. The van der Waals surface area contributed by atoms with Gasteiger partial charge in [0.1, 0.15) is 5.75 Å². The summed E-state index contributed by atoms with van der Waals surface area (Å²) in [6.07, 6.45) is 1.46. The third kappa shape index (κ3) is 1.82. The lowest BCUT2D eigenvalue weighted by atomic mass is 9.94. The van der Waals surface area contributed by atoms with Crippen molar-refractivity contribution in [3.63, 3.8) is 0 Å². The summed E-state index contributed by atoms with van der Waals surface area (Å²) in [5.74, 6) is 0.248. The molecule has 0 spiro atoms. The van der Waals surface area contributed by atoms with Crippen LogP contribution in [0.25, 0.3) is 32.3 Å². The SMILES string of the molecule is O=C(Oc1ccc2ccc3cccc4ccc1c2c34)c1ccco1. The normalized spacial score (nSPS) is 11.5. The van der Waals surface area contributed by atoms with Gasteiger partial charge in [0.25, 0.3) is 0 Å². The van der Waals surface area contributed by atoms with Crippen molar-refractivity contribution in [2.24, 2.45) is 0 Å². The summed E-state index contributed by atoms with van der Waals surface area (Å²) in [6, 6.07) is 21.6. The molecule has 0 atom stereocenters. The smallest absolute Gasteiger partial charge is 0.379 e. The van der Waals surface area contributed by atoms with Crippen molar-refractivity contribution in [2.45, 2.75) is 0 Å². The maximum atomic E-state index is 12.2. The van der Waals surface area contributed by atoms with Gasteiger partial charge in [0.2, 0.25) is 5.76 Å². The number of hydrogen-bond acceptors (Lipinski definition) is 3. The van der Waals surface area contributed by atoms with Gasteiger partial charge < -0.3 is 9.15 Å². The maximum absolute atomic E-state index is 12.2. The Morgan fingerprint density at radius 3 is 2.21 bits per heavy atom. The van der Waals surface area contributed by atoms with Crippen molar-refractivity contribution < 1.29 is 13.9 Å². The fraction of sp³-hybridized carbons (Fsp3) is 0. The molecule has 3 nitrogen and oxygen atoms in total. The molecule has 0 saturated heterocycles. The minimum absolute atomic E-state index is 0.195. The Hall–Kier alpha value is -3.33. The predicted molar refractivity (Wildman–Crippen MR) is 93.8 cm³/mol. The summed E-state index contributed by atoms with van der Waals surface area (Å²) in [4.78, 5) is 12.2. The molecule has 3 heteroatoms. The largest absolute Gasteiger partial charge is 0.457 e. The summed E-state index contributed by atoms with van der Waals surface area (Å²) in [5.41, 5.74) is 0. The molecule has 5 rings (SSSR count). The first kappa shape index (κ1) is 13.1. The van der Waals surface area contributed by atoms with Gasteiger partial charge in [0, 0.05) is 10.8 Å². The number of benzene rings is 4. The third-order valence-corrected chi connectivity index (χ3v) is 4.41. The van der Waals surface area contributed by atoms with E-state index in [0.717, 1.165) is 16.2 Å². The molecular weight excluding hydrogens is 300 g/mol. The van der Waals surface area contributed by atoms with Crippen LogP contribution < -0.4 is 4.74 Å². The highest BCUT2D eigenvalue weighted by molar-refractivity contribution is 6.24. The van der Waals surface area contributed by atoms with E-state index in [4.69, 9.17) is 9.15 Å². The molecule has 0 aliphatic rings. The van der Waals surface area contributed by atoms with Crippen molar-refractivity contribution in [2.75, 3.05) is 0 Å². The Bertz CT molecular complexity index is 1170. The van der Waals surface area contributed by atoms with E-state index >= 15 is 0 Å². The third-order valence-electron chi connectivity index (χ3n) is 4.41. The number of carbonyl (C=O) groups is 1. The minimum Gasteiger partial charge on any atom is -0.457 e. The zero-order valence-corrected chi connectivity index (χ0v) is 12.7. The van der Waals surface area contributed by atoms with E-state index in [1.807, 2.05) is 18.2 Å². The standard InChI is InChI=1S/C21H12O3/c22-21(18-5-2-12-23-18)24-17-11-9-15-7-6-13-3-1-4-14-8-10-16(17)20(15)19(13)14/h1-12H. The van der Waals surface area contributed by atoms with Gasteiger partial charge in [0.15, 0.2) is 0 Å². The molecule has 0 bridgehead atoms. The van der Waals surface area contributed by atoms with Crippen molar-refractivity contribution in [3.8, 4) is 5.75 Å². The van der Waals surface area contributed by atoms with Crippen molar-refractivity contribution in [1.82, 2.24) is 0 Å². The first-order valence-electron chi connectivity index (χ1n) is 7.73. The molecule has 0 unspecified atom stereocenters. The summed E-state index contributed by atoms with van der Waals surface area (Å²) >= 11 is 0. The van der Waals surface area contributed by atoms with Crippen LogP contribution in [-0.2, 0) is 0 Å². The monoisotopic (exact) mass is 312 g/mol. The average molecular weight is 312 g/mol. The number of ether oxygens (including phenoxy) is 1. The van der Waals surface area contributed by atoms with Crippen LogP contribution in [0.1, 0.15) is 10.6 Å². The number of carbonyl (C=O) groups excluding carboxylic acids is 1. The average Bonchev–Trinajstić information content (AvgIpc) is 3.16. The fourth-order valence-corrected chi connectivity index (χ4v) is 3.34. The summed E-state index contributed by atoms with van der Waals surface area (Å²) < 4.78 is 10.7. The first-order chi connectivity index (χ1) is 11.8. The molecule has 0 aliphatic carbocycles. The Morgan fingerprint density at radius 2 is 1.46 bits per heavy atom. The molecule has 24 heavy (non-hydrogen) atoms. The van der Waals surface area contributed by atoms with Gasteiger partial charge >= 0.3 is 5.97 Å². The number of rotatable bonds is 2. The van der Waals surface area contributed by atoms with Gasteiger partial charge in [-0.1, -0.05) is 42.5 Å². The maximum Gasteiger partial charge on any atom is 0.379 e. The zero-order chi connectivity index (χ0) is 16.1. The van der Waals surface area contributed by atoms with Crippen LogP contribution in [0, 0.1) is 0 Å². The van der Waals surface area contributed by atoms with E-state index in [9.17, 15) is 4.79 Å². The highest BCUT2D eigenvalue weighted by atomic mass is 16.5. The highest BCUT2D eigenvalue weighted by Gasteiger charge is 2.16. The zero-order valence-electron chi connectivity index (χ0n) is 12.7. The highest BCUT2D eigenvalue weighted by Crippen LogP contribution is 2.38. The molecular formula is C21H12O3. The van der Waals surface area contributed by atoms with Gasteiger partial charge in [-0.2, -0.15) is 0 Å². The van der Waals surface area contributed by atoms with Crippen LogP contribution in [0.3, 0.4) is 0 Å². The molecule has 4 aromatic carbocycles. The van der Waals surface area contributed by atoms with E-state index < -0.39 is 5.97 Å². The Kier molecular flexibility index (Phi) is 2.65. The Labute approximate surface area is 137 Å². The van der Waals surface area contributed by atoms with E-state index in [-0.39, 0.29) is 5.76 Å². The van der Waals surface area contributed by atoms with Crippen molar-refractivity contribution >= 4 is 38.3 Å². The summed E-state index contributed by atoms with van der Waals surface area (Å²) in [6.45, 7) is 0. The molecule has 0 N–H and O–H groups in total. The molecule has 0 amide bonds. The fourth-order valence-electron chi connectivity index (χ4n) is 3.34. The van der Waals surface area contributed by atoms with E-state index in [0.29, 0.717) is 5.75 Å². The second-order valence-corrected chi connectivity index (χ2v) is 5.79. The quantitative estimate of drug-likeness (QED) is 0.249. The van der Waals surface area contributed by atoms with Gasteiger partial charge in [-0.25, -0.2) is 4.79 Å². The topological polar surface area (TPSA) is 39.4 Å². The molecule has 1 aromatic heterocycles. The van der Waals surface area contributed by atoms with E-state index in [1.54, 1.807) is 12.1 Å². The second kappa shape index (κ2) is 4.83. The molecule has 0 radical (unpaired) electrons. The van der Waals surface area contributed by atoms with Crippen LogP contribution >= 0.6 is 0 Å². The van der Waals surface area contributed by atoms with Crippen LogP contribution in [0.15, 0.2) is 77.4 Å². The van der Waals surface area contributed by atoms with Gasteiger partial charge in [-0.15, -0.1) is 0 Å². The van der Waals surface area contributed by atoms with Crippen LogP contribution in [0.5, 0.6) is 5.75 Å². The first-order valence-corrected chi connectivity index (χ1v) is 7.73. The predicted octanol–water partition coefficient (Wildman–Crippen LogP) is 5.40. The van der Waals surface area contributed by atoms with Crippen LogP contribution in [0.2, 0.25) is 0 Å². The van der Waals surface area contributed by atoms with Gasteiger partial charge in [-0.3, -0.25) is 0 Å². The molecule has 114 valence electrons. The molecule has 1 heterocycles. The van der Waals surface area contributed by atoms with Gasteiger partial charge in [0.05, 0.1) is 6.26 Å². The van der Waals surface area contributed by atoms with Crippen molar-refractivity contribution in [3.05, 3.63) is 78.8 Å². The second-order valence-electron chi connectivity index (χ2n) is 5.79. The number of furan rings is 1. The summed E-state index contributed by atoms with van der Waals surface area (Å²) in [5, 5.41) is 6.74. The van der Waals surface area contributed by atoms with Crippen LogP contribution in [-0.4, -0.2) is 5.97 Å². The molecule has 0 fully saturated rings. The van der Waals surface area contributed by atoms with E-state index in [2.05, 4.69) is 36.4 Å². The van der Waals surface area contributed by atoms with Gasteiger partial charge in [-0.05, 0) is 45.8 Å². The molecule has 0 saturated carbocycles. The number of esters is 1. The Morgan fingerprint density at radius 1 is 0.750 bits per heavy atom. The molecule has 5 aromatic rings. The number of hydrogen-bond donors (Lipinski definition) is 0. The lowest BCUT2D eigenvalue weighted by molar-refractivity contribution is 0.0704. The lowest BCUT2D eigenvalue weighted by Gasteiger charge is -2.13. The minimum atomic E-state index is -0.491. The Balaban J connectivity index is 1.76. The van der Waals surface area contributed by atoms with Crippen molar-refractivity contribution in [1.29, 1.82) is 0 Å². The lowest BCUT2D eigenvalue weighted by Crippen LogP contribution is -2.07.